The lowest BCUT2D eigenvalue weighted by Gasteiger charge is -2.06. The average Bonchev–Trinajstić information content (AvgIpc) is 3.00. The Bertz CT molecular complexity index is 1010. The molecule has 0 aliphatic rings. The number of benzene rings is 2. The van der Waals surface area contributed by atoms with Crippen molar-refractivity contribution in [2.75, 3.05) is 6.26 Å². The first kappa shape index (κ1) is 16.0. The van der Waals surface area contributed by atoms with Gasteiger partial charge < -0.3 is 5.73 Å². The largest absolute Gasteiger partial charge is 0.383 e. The molecule has 0 unspecified atom stereocenters. The summed E-state index contributed by atoms with van der Waals surface area (Å²) in [6.45, 7) is 0. The van der Waals surface area contributed by atoms with E-state index < -0.39 is 9.84 Å². The maximum atomic E-state index is 13.0. The van der Waals surface area contributed by atoms with Crippen LogP contribution in [0.1, 0.15) is 4.88 Å². The molecule has 0 atom stereocenters. The highest BCUT2D eigenvalue weighted by atomic mass is 32.2. The molecule has 0 radical (unpaired) electrons. The van der Waals surface area contributed by atoms with Gasteiger partial charge in [0.05, 0.1) is 18.9 Å². The van der Waals surface area contributed by atoms with Gasteiger partial charge in [-0.2, -0.15) is 0 Å². The molecule has 0 saturated heterocycles. The number of nitrogens with two attached hydrogens (primary N) is 1. The van der Waals surface area contributed by atoms with Gasteiger partial charge in [-0.3, -0.25) is 5.41 Å². The zero-order chi connectivity index (χ0) is 16.6. The fraction of sp³-hybridized carbons (Fsp3) is 0.0625. The fourth-order valence-corrected chi connectivity index (χ4v) is 6.17. The third-order valence-electron chi connectivity index (χ3n) is 3.44. The van der Waals surface area contributed by atoms with E-state index >= 15 is 0 Å². The Kier molecular flexibility index (Phi) is 4.18. The SMILES string of the molecule is CSc1sc(C(=N)N)cc1S(=O)(=O)c1ccc2ccccc2c1. The summed E-state index contributed by atoms with van der Waals surface area (Å²) >= 11 is 2.57. The van der Waals surface area contributed by atoms with Crippen LogP contribution in [0.15, 0.2) is 62.5 Å². The summed E-state index contributed by atoms with van der Waals surface area (Å²) < 4.78 is 26.6. The monoisotopic (exact) mass is 362 g/mol. The third kappa shape index (κ3) is 2.87. The molecule has 7 heteroatoms. The van der Waals surface area contributed by atoms with Gasteiger partial charge in [-0.15, -0.1) is 23.1 Å². The van der Waals surface area contributed by atoms with E-state index in [0.717, 1.165) is 10.8 Å². The maximum absolute atomic E-state index is 13.0. The molecule has 0 bridgehead atoms. The Hall–Kier alpha value is -1.83. The van der Waals surface area contributed by atoms with E-state index in [1.807, 2.05) is 30.5 Å². The summed E-state index contributed by atoms with van der Waals surface area (Å²) in [7, 11) is -3.65. The highest BCUT2D eigenvalue weighted by molar-refractivity contribution is 8.01. The molecule has 0 aliphatic heterocycles. The van der Waals surface area contributed by atoms with Crippen LogP contribution in [0.4, 0.5) is 0 Å². The van der Waals surface area contributed by atoms with Crippen molar-refractivity contribution in [3.05, 3.63) is 53.4 Å². The lowest BCUT2D eigenvalue weighted by molar-refractivity contribution is 0.595. The number of nitrogens with one attached hydrogen (secondary N) is 1. The number of thiophene rings is 1. The molecule has 3 rings (SSSR count). The molecule has 1 aromatic heterocycles. The van der Waals surface area contributed by atoms with Crippen LogP contribution in [-0.4, -0.2) is 20.5 Å². The van der Waals surface area contributed by atoms with Crippen molar-refractivity contribution in [3.8, 4) is 0 Å². The van der Waals surface area contributed by atoms with Crippen LogP contribution in [0.25, 0.3) is 10.8 Å². The van der Waals surface area contributed by atoms with Crippen molar-refractivity contribution >= 4 is 49.5 Å². The van der Waals surface area contributed by atoms with Crippen molar-refractivity contribution in [1.29, 1.82) is 5.41 Å². The molecule has 118 valence electrons. The lowest BCUT2D eigenvalue weighted by Crippen LogP contribution is -2.08. The molecule has 0 amide bonds. The Morgan fingerprint density at radius 1 is 1.13 bits per heavy atom. The van der Waals surface area contributed by atoms with Gasteiger partial charge in [-0.05, 0) is 35.2 Å². The second-order valence-electron chi connectivity index (χ2n) is 4.89. The number of hydrogen-bond acceptors (Lipinski definition) is 5. The van der Waals surface area contributed by atoms with Gasteiger partial charge in [-0.1, -0.05) is 30.3 Å². The standard InChI is InChI=1S/C16H14N2O2S3/c1-21-16-14(9-13(22-16)15(17)18)23(19,20)12-7-6-10-4-2-3-5-11(10)8-12/h2-9H,1H3,(H3,17,18). The number of thioether (sulfide) groups is 1. The zero-order valence-corrected chi connectivity index (χ0v) is 14.7. The average molecular weight is 363 g/mol. The minimum absolute atomic E-state index is 0.120. The van der Waals surface area contributed by atoms with Crippen molar-refractivity contribution in [3.63, 3.8) is 0 Å². The zero-order valence-electron chi connectivity index (χ0n) is 12.2. The minimum Gasteiger partial charge on any atom is -0.383 e. The van der Waals surface area contributed by atoms with Gasteiger partial charge in [0.1, 0.15) is 5.84 Å². The maximum Gasteiger partial charge on any atom is 0.208 e. The van der Waals surface area contributed by atoms with E-state index in [4.69, 9.17) is 11.1 Å². The number of fused-ring (bicyclic) bond motifs is 1. The summed E-state index contributed by atoms with van der Waals surface area (Å²) in [5.41, 5.74) is 5.50. The van der Waals surface area contributed by atoms with Crippen LogP contribution in [0, 0.1) is 5.41 Å². The number of amidine groups is 1. The van der Waals surface area contributed by atoms with Gasteiger partial charge >= 0.3 is 0 Å². The van der Waals surface area contributed by atoms with Crippen molar-refractivity contribution in [2.24, 2.45) is 5.73 Å². The topological polar surface area (TPSA) is 84.0 Å². The highest BCUT2D eigenvalue weighted by Crippen LogP contribution is 2.37. The molecule has 0 saturated carbocycles. The first-order chi connectivity index (χ1) is 10.9. The number of rotatable bonds is 4. The summed E-state index contributed by atoms with van der Waals surface area (Å²) in [5, 5.41) is 9.39. The Balaban J connectivity index is 2.18. The first-order valence-electron chi connectivity index (χ1n) is 6.69. The second-order valence-corrected chi connectivity index (χ2v) is 8.94. The predicted molar refractivity (Wildman–Crippen MR) is 96.5 cm³/mol. The molecular weight excluding hydrogens is 348 g/mol. The van der Waals surface area contributed by atoms with Gasteiger partial charge in [0, 0.05) is 0 Å². The van der Waals surface area contributed by atoms with Crippen LogP contribution >= 0.6 is 23.1 Å². The number of nitrogen functional groups attached to an aromatic ring is 1. The molecule has 0 fully saturated rings. The quantitative estimate of drug-likeness (QED) is 0.421. The van der Waals surface area contributed by atoms with E-state index in [1.165, 1.54) is 29.2 Å². The van der Waals surface area contributed by atoms with Gasteiger partial charge in [0.15, 0.2) is 0 Å². The summed E-state index contributed by atoms with van der Waals surface area (Å²) in [4.78, 5) is 0.934. The molecule has 0 spiro atoms. The van der Waals surface area contributed by atoms with Gasteiger partial charge in [0.25, 0.3) is 0 Å². The molecule has 0 aliphatic carbocycles. The minimum atomic E-state index is -3.65. The van der Waals surface area contributed by atoms with E-state index in [9.17, 15) is 8.42 Å². The Labute approximate surface area is 142 Å². The van der Waals surface area contributed by atoms with E-state index in [2.05, 4.69) is 0 Å². The summed E-state index contributed by atoms with van der Waals surface area (Å²) in [6, 6.07) is 14.2. The lowest BCUT2D eigenvalue weighted by atomic mass is 10.1. The van der Waals surface area contributed by atoms with Crippen LogP contribution in [0.2, 0.25) is 0 Å². The molecule has 3 N–H and O–H groups in total. The predicted octanol–water partition coefficient (Wildman–Crippen LogP) is 3.74. The van der Waals surface area contributed by atoms with Gasteiger partial charge in [0.2, 0.25) is 9.84 Å². The van der Waals surface area contributed by atoms with Crippen molar-refractivity contribution in [2.45, 2.75) is 14.0 Å². The first-order valence-corrected chi connectivity index (χ1v) is 10.2. The van der Waals surface area contributed by atoms with Crippen LogP contribution in [0.3, 0.4) is 0 Å². The van der Waals surface area contributed by atoms with E-state index in [-0.39, 0.29) is 15.6 Å². The Morgan fingerprint density at radius 2 is 1.83 bits per heavy atom. The smallest absolute Gasteiger partial charge is 0.208 e. The van der Waals surface area contributed by atoms with Crippen LogP contribution in [-0.2, 0) is 9.84 Å². The number of sulfone groups is 1. The summed E-state index contributed by atoms with van der Waals surface area (Å²) in [5.74, 6) is -0.120. The normalized spacial score (nSPS) is 11.7. The Morgan fingerprint density at radius 3 is 2.48 bits per heavy atom. The van der Waals surface area contributed by atoms with Crippen molar-refractivity contribution in [1.82, 2.24) is 0 Å². The highest BCUT2D eigenvalue weighted by Gasteiger charge is 2.25. The molecular formula is C16H14N2O2S3. The molecule has 1 heterocycles. The van der Waals surface area contributed by atoms with E-state index in [0.29, 0.717) is 9.09 Å². The molecule has 4 nitrogen and oxygen atoms in total. The molecule has 3 aromatic rings. The number of hydrogen-bond donors (Lipinski definition) is 2. The van der Waals surface area contributed by atoms with Gasteiger partial charge in [-0.25, -0.2) is 8.42 Å². The fourth-order valence-electron chi connectivity index (χ4n) is 2.28. The molecule has 2 aromatic carbocycles. The third-order valence-corrected chi connectivity index (χ3v) is 7.78. The van der Waals surface area contributed by atoms with E-state index in [1.54, 1.807) is 18.2 Å². The van der Waals surface area contributed by atoms with Crippen LogP contribution in [0.5, 0.6) is 0 Å². The second kappa shape index (κ2) is 5.99. The van der Waals surface area contributed by atoms with Crippen molar-refractivity contribution < 1.29 is 8.42 Å². The van der Waals surface area contributed by atoms with Crippen LogP contribution < -0.4 is 5.73 Å². The molecule has 23 heavy (non-hydrogen) atoms. The summed E-state index contributed by atoms with van der Waals surface area (Å²) in [6.07, 6.45) is 1.81.